The minimum atomic E-state index is -0.494. The first-order valence-electron chi connectivity index (χ1n) is 9.93. The monoisotopic (exact) mass is 413 g/mol. The van der Waals surface area contributed by atoms with E-state index in [4.69, 9.17) is 0 Å². The van der Waals surface area contributed by atoms with Crippen molar-refractivity contribution in [3.05, 3.63) is 46.2 Å². The number of carbonyl (C=O) groups excluding carboxylic acids is 3. The number of hydrogen-bond acceptors (Lipinski definition) is 4. The maximum absolute atomic E-state index is 13.1. The standard InChI is InChI=1S/C22H27N3O3S/c1-14(2)20(26)23-16-10-9-15(3)17(13-16)24-21(27)18-7-4-5-11-25(18)22(28)19-8-6-12-29-19/h6,8-10,12-14,18H,4-5,7,11H2,1-3H3,(H,23,26)(H,24,27). The molecule has 1 unspecified atom stereocenters. The molecule has 1 atom stereocenters. The summed E-state index contributed by atoms with van der Waals surface area (Å²) < 4.78 is 0. The summed E-state index contributed by atoms with van der Waals surface area (Å²) in [5, 5.41) is 7.69. The average Bonchev–Trinajstić information content (AvgIpc) is 3.24. The number of benzene rings is 1. The van der Waals surface area contributed by atoms with Gasteiger partial charge in [-0.25, -0.2) is 0 Å². The van der Waals surface area contributed by atoms with E-state index in [9.17, 15) is 14.4 Å². The molecule has 0 aliphatic carbocycles. The van der Waals surface area contributed by atoms with Gasteiger partial charge in [-0.3, -0.25) is 14.4 Å². The highest BCUT2D eigenvalue weighted by atomic mass is 32.1. The summed E-state index contributed by atoms with van der Waals surface area (Å²) in [6.45, 7) is 6.14. The number of likely N-dealkylation sites (tertiary alicyclic amines) is 1. The largest absolute Gasteiger partial charge is 0.326 e. The molecule has 0 bridgehead atoms. The van der Waals surface area contributed by atoms with Gasteiger partial charge in [0.15, 0.2) is 0 Å². The van der Waals surface area contributed by atoms with Crippen LogP contribution in [0, 0.1) is 12.8 Å². The van der Waals surface area contributed by atoms with Crippen LogP contribution in [-0.4, -0.2) is 35.2 Å². The topological polar surface area (TPSA) is 78.5 Å². The van der Waals surface area contributed by atoms with Gasteiger partial charge in [0, 0.05) is 23.8 Å². The predicted molar refractivity (Wildman–Crippen MR) is 116 cm³/mol. The maximum atomic E-state index is 13.1. The molecule has 1 aliphatic heterocycles. The molecule has 0 radical (unpaired) electrons. The lowest BCUT2D eigenvalue weighted by Gasteiger charge is -2.34. The Kier molecular flexibility index (Phi) is 6.69. The number of carbonyl (C=O) groups is 3. The number of aryl methyl sites for hydroxylation is 1. The second kappa shape index (κ2) is 9.22. The van der Waals surface area contributed by atoms with Gasteiger partial charge in [-0.15, -0.1) is 11.3 Å². The Labute approximate surface area is 175 Å². The molecule has 2 heterocycles. The quantitative estimate of drug-likeness (QED) is 0.768. The van der Waals surface area contributed by atoms with E-state index in [2.05, 4.69) is 10.6 Å². The second-order valence-corrected chi connectivity index (χ2v) is 8.60. The fourth-order valence-corrected chi connectivity index (χ4v) is 4.01. The maximum Gasteiger partial charge on any atom is 0.264 e. The molecule has 29 heavy (non-hydrogen) atoms. The molecule has 3 amide bonds. The Hall–Kier alpha value is -2.67. The van der Waals surface area contributed by atoms with Gasteiger partial charge >= 0.3 is 0 Å². The zero-order valence-electron chi connectivity index (χ0n) is 17.0. The van der Waals surface area contributed by atoms with Crippen LogP contribution in [0.15, 0.2) is 35.7 Å². The number of hydrogen-bond donors (Lipinski definition) is 2. The molecular formula is C22H27N3O3S. The van der Waals surface area contributed by atoms with Gasteiger partial charge in [0.05, 0.1) is 4.88 Å². The molecule has 1 aliphatic rings. The Morgan fingerprint density at radius 1 is 1.14 bits per heavy atom. The third-order valence-electron chi connectivity index (χ3n) is 5.09. The number of thiophene rings is 1. The number of nitrogens with zero attached hydrogens (tertiary/aromatic N) is 1. The fraction of sp³-hybridized carbons (Fsp3) is 0.409. The van der Waals surface area contributed by atoms with Crippen molar-refractivity contribution in [2.45, 2.75) is 46.1 Å². The Balaban J connectivity index is 1.75. The number of piperidine rings is 1. The minimum Gasteiger partial charge on any atom is -0.326 e. The summed E-state index contributed by atoms with van der Waals surface area (Å²) in [5.74, 6) is -0.487. The smallest absolute Gasteiger partial charge is 0.264 e. The molecule has 6 nitrogen and oxygen atoms in total. The van der Waals surface area contributed by atoms with Gasteiger partial charge in [0.2, 0.25) is 11.8 Å². The molecule has 3 rings (SSSR count). The summed E-state index contributed by atoms with van der Waals surface area (Å²) in [4.78, 5) is 40.2. The van der Waals surface area contributed by atoms with Crippen molar-refractivity contribution < 1.29 is 14.4 Å². The zero-order valence-corrected chi connectivity index (χ0v) is 17.8. The van der Waals surface area contributed by atoms with Crippen molar-refractivity contribution in [2.75, 3.05) is 17.2 Å². The van der Waals surface area contributed by atoms with Gasteiger partial charge < -0.3 is 15.5 Å². The predicted octanol–water partition coefficient (Wildman–Crippen LogP) is 4.28. The molecular weight excluding hydrogens is 386 g/mol. The van der Waals surface area contributed by atoms with Crippen molar-refractivity contribution in [2.24, 2.45) is 5.92 Å². The van der Waals surface area contributed by atoms with Crippen molar-refractivity contribution in [1.82, 2.24) is 4.90 Å². The van der Waals surface area contributed by atoms with E-state index in [1.807, 2.05) is 44.4 Å². The highest BCUT2D eigenvalue weighted by molar-refractivity contribution is 7.12. The Morgan fingerprint density at radius 3 is 2.62 bits per heavy atom. The SMILES string of the molecule is Cc1ccc(NC(=O)C(C)C)cc1NC(=O)C1CCCCN1C(=O)c1cccs1. The van der Waals surface area contributed by atoms with Gasteiger partial charge in [0.1, 0.15) is 6.04 Å². The normalized spacial score (nSPS) is 16.6. The van der Waals surface area contributed by atoms with Crippen LogP contribution in [0.5, 0.6) is 0 Å². The van der Waals surface area contributed by atoms with Gasteiger partial charge in [-0.05, 0) is 55.3 Å². The number of amides is 3. The van der Waals surface area contributed by atoms with Crippen molar-refractivity contribution in [1.29, 1.82) is 0 Å². The van der Waals surface area contributed by atoms with Crippen LogP contribution < -0.4 is 10.6 Å². The first-order valence-corrected chi connectivity index (χ1v) is 10.8. The molecule has 1 saturated heterocycles. The molecule has 0 spiro atoms. The van der Waals surface area contributed by atoms with Gasteiger partial charge in [-0.2, -0.15) is 0 Å². The molecule has 2 N–H and O–H groups in total. The Morgan fingerprint density at radius 2 is 1.93 bits per heavy atom. The number of nitrogens with one attached hydrogen (secondary N) is 2. The highest BCUT2D eigenvalue weighted by Gasteiger charge is 2.33. The van der Waals surface area contributed by atoms with E-state index >= 15 is 0 Å². The fourth-order valence-electron chi connectivity index (χ4n) is 3.33. The molecule has 2 aromatic rings. The second-order valence-electron chi connectivity index (χ2n) is 7.65. The van der Waals surface area contributed by atoms with Crippen LogP contribution in [-0.2, 0) is 9.59 Å². The van der Waals surface area contributed by atoms with E-state index in [0.29, 0.717) is 29.2 Å². The third kappa shape index (κ3) is 5.03. The summed E-state index contributed by atoms with van der Waals surface area (Å²) in [6, 6.07) is 8.59. The molecule has 1 aromatic carbocycles. The van der Waals surface area contributed by atoms with E-state index in [1.165, 1.54) is 11.3 Å². The lowest BCUT2D eigenvalue weighted by molar-refractivity contribution is -0.121. The van der Waals surface area contributed by atoms with E-state index in [1.54, 1.807) is 17.0 Å². The summed E-state index contributed by atoms with van der Waals surface area (Å²) in [5.41, 5.74) is 2.18. The molecule has 1 aromatic heterocycles. The third-order valence-corrected chi connectivity index (χ3v) is 5.94. The van der Waals surface area contributed by atoms with Crippen LogP contribution in [0.3, 0.4) is 0 Å². The first kappa shape index (κ1) is 21.0. The Bertz CT molecular complexity index is 893. The summed E-state index contributed by atoms with van der Waals surface area (Å²) >= 11 is 1.39. The zero-order chi connectivity index (χ0) is 21.0. The van der Waals surface area contributed by atoms with E-state index in [-0.39, 0.29) is 23.6 Å². The van der Waals surface area contributed by atoms with Crippen LogP contribution in [0.25, 0.3) is 0 Å². The minimum absolute atomic E-state index is 0.0777. The van der Waals surface area contributed by atoms with Crippen molar-refractivity contribution in [3.8, 4) is 0 Å². The van der Waals surface area contributed by atoms with Crippen LogP contribution in [0.4, 0.5) is 11.4 Å². The highest BCUT2D eigenvalue weighted by Crippen LogP contribution is 2.25. The van der Waals surface area contributed by atoms with Crippen LogP contribution in [0.2, 0.25) is 0 Å². The average molecular weight is 414 g/mol. The van der Waals surface area contributed by atoms with E-state index in [0.717, 1.165) is 18.4 Å². The molecule has 7 heteroatoms. The summed E-state index contributed by atoms with van der Waals surface area (Å²) in [6.07, 6.45) is 2.46. The molecule has 1 fully saturated rings. The van der Waals surface area contributed by atoms with Crippen LogP contribution >= 0.6 is 11.3 Å². The van der Waals surface area contributed by atoms with Gasteiger partial charge in [-0.1, -0.05) is 26.0 Å². The molecule has 0 saturated carbocycles. The van der Waals surface area contributed by atoms with Crippen LogP contribution in [0.1, 0.15) is 48.3 Å². The van der Waals surface area contributed by atoms with Gasteiger partial charge in [0.25, 0.3) is 5.91 Å². The van der Waals surface area contributed by atoms with E-state index < -0.39 is 6.04 Å². The first-order chi connectivity index (χ1) is 13.9. The molecule has 154 valence electrons. The lowest BCUT2D eigenvalue weighted by atomic mass is 10.0. The number of anilines is 2. The van der Waals surface area contributed by atoms with Crippen molar-refractivity contribution in [3.63, 3.8) is 0 Å². The summed E-state index contributed by atoms with van der Waals surface area (Å²) in [7, 11) is 0. The lowest BCUT2D eigenvalue weighted by Crippen LogP contribution is -2.49. The number of rotatable bonds is 5. The van der Waals surface area contributed by atoms with Crippen molar-refractivity contribution >= 4 is 40.4 Å².